The zero-order chi connectivity index (χ0) is 47.8. The third kappa shape index (κ3) is 14.9. The number of nitrogens with two attached hydrogens (primary N) is 1. The number of hydrogen-bond acceptors (Lipinski definition) is 15. The number of aldehydes is 1. The van der Waals surface area contributed by atoms with Gasteiger partial charge in [-0.3, -0.25) is 20.2 Å². The van der Waals surface area contributed by atoms with E-state index in [0.717, 1.165) is 47.8 Å². The molecule has 8 rings (SSSR count). The van der Waals surface area contributed by atoms with Gasteiger partial charge >= 0.3 is 12.4 Å². The highest BCUT2D eigenvalue weighted by Gasteiger charge is 2.31. The van der Waals surface area contributed by atoms with Crippen LogP contribution in [0.15, 0.2) is 103 Å². The zero-order valence-electron chi connectivity index (χ0n) is 35.3. The van der Waals surface area contributed by atoms with Crippen LogP contribution in [0.2, 0.25) is 0 Å². The highest BCUT2D eigenvalue weighted by atomic mass is 19.4. The molecule has 4 N–H and O–H groups in total. The van der Waals surface area contributed by atoms with E-state index in [1.807, 2.05) is 0 Å². The van der Waals surface area contributed by atoms with E-state index >= 15 is 0 Å². The number of hydrogen-bond donors (Lipinski definition) is 3. The fourth-order valence-corrected chi connectivity index (χ4v) is 6.40. The molecule has 6 aromatic rings. The van der Waals surface area contributed by atoms with Crippen molar-refractivity contribution in [3.63, 3.8) is 0 Å². The second-order valence-corrected chi connectivity index (χ2v) is 14.5. The number of alkyl halides is 6. The number of benzene rings is 2. The quantitative estimate of drug-likeness (QED) is 0.0392. The Morgan fingerprint density at radius 1 is 0.612 bits per heavy atom. The first-order valence-electron chi connectivity index (χ1n) is 20.3. The fourth-order valence-electron chi connectivity index (χ4n) is 6.40. The Kier molecular flexibility index (Phi) is 17.1. The number of hydrazine groups is 1. The highest BCUT2D eigenvalue weighted by molar-refractivity contribution is 5.77. The maximum absolute atomic E-state index is 14.1. The van der Waals surface area contributed by atoms with Gasteiger partial charge in [-0.2, -0.15) is 41.4 Å². The molecule has 0 spiro atoms. The predicted molar refractivity (Wildman–Crippen MR) is 231 cm³/mol. The van der Waals surface area contributed by atoms with Gasteiger partial charge in [0.1, 0.15) is 5.69 Å². The summed E-state index contributed by atoms with van der Waals surface area (Å²) in [5.74, 6) is 4.98. The van der Waals surface area contributed by atoms with Crippen LogP contribution in [0, 0.1) is 11.6 Å². The first kappa shape index (κ1) is 49.2. The van der Waals surface area contributed by atoms with Crippen LogP contribution in [-0.4, -0.2) is 95.0 Å². The minimum atomic E-state index is -4.38. The van der Waals surface area contributed by atoms with Crippen LogP contribution in [0.5, 0.6) is 0 Å². The van der Waals surface area contributed by atoms with Gasteiger partial charge in [-0.25, -0.2) is 30.0 Å². The average molecular weight is 939 g/mol. The molecule has 2 saturated heterocycles. The highest BCUT2D eigenvalue weighted by Crippen LogP contribution is 2.31. The molecule has 0 bridgehead atoms. The summed E-state index contributed by atoms with van der Waals surface area (Å²) in [6, 6.07) is 17.0. The van der Waals surface area contributed by atoms with E-state index in [1.54, 1.807) is 46.3 Å². The van der Waals surface area contributed by atoms with E-state index < -0.39 is 35.1 Å². The van der Waals surface area contributed by atoms with Crippen LogP contribution in [0.1, 0.15) is 49.6 Å². The van der Waals surface area contributed by atoms with Crippen molar-refractivity contribution in [2.24, 2.45) is 10.9 Å². The van der Waals surface area contributed by atoms with Crippen molar-refractivity contribution in [2.45, 2.75) is 25.2 Å². The molecule has 0 unspecified atom stereocenters. The fraction of sp³-hybridized carbons (Fsp3) is 0.273. The Balaban J connectivity index is 0.000000183. The molecule has 0 amide bonds. The number of anilines is 4. The van der Waals surface area contributed by atoms with Gasteiger partial charge in [0, 0.05) is 38.6 Å². The summed E-state index contributed by atoms with van der Waals surface area (Å²) >= 11 is 0. The van der Waals surface area contributed by atoms with Crippen LogP contribution < -0.4 is 26.5 Å². The van der Waals surface area contributed by atoms with E-state index in [0.29, 0.717) is 94.2 Å². The maximum Gasteiger partial charge on any atom is 0.416 e. The summed E-state index contributed by atoms with van der Waals surface area (Å²) in [4.78, 5) is 37.8. The summed E-state index contributed by atoms with van der Waals surface area (Å²) < 4.78 is 114. The monoisotopic (exact) mass is 938 g/mol. The van der Waals surface area contributed by atoms with Crippen molar-refractivity contribution in [2.75, 3.05) is 73.3 Å². The molecule has 2 aliphatic rings. The topological polar surface area (TPSA) is 182 Å². The van der Waals surface area contributed by atoms with E-state index in [1.165, 1.54) is 30.6 Å². The SMILES string of the molecule is Fc1cnc(N/N=C\c2ccc(Cc3cccc(C(F)(F)F)c3)cn2)nc1N1CCOCC1.NNc1ncc(F)c(N2CCOCC2)n1.O=Cc1ccc(Cc2cccc(C(F)(F)F)c2)cn1. The molecule has 67 heavy (non-hydrogen) atoms. The van der Waals surface area contributed by atoms with Crippen molar-refractivity contribution >= 4 is 36.0 Å². The van der Waals surface area contributed by atoms with Crippen molar-refractivity contribution < 1.29 is 49.4 Å². The number of carbonyl (C=O) groups is 1. The molecule has 0 radical (unpaired) electrons. The van der Waals surface area contributed by atoms with Crippen LogP contribution in [-0.2, 0) is 34.7 Å². The summed E-state index contributed by atoms with van der Waals surface area (Å²) in [5, 5.41) is 4.03. The zero-order valence-corrected chi connectivity index (χ0v) is 35.3. The van der Waals surface area contributed by atoms with Gasteiger partial charge in [-0.15, -0.1) is 0 Å². The van der Waals surface area contributed by atoms with Gasteiger partial charge in [0.2, 0.25) is 11.9 Å². The number of nitrogens with zero attached hydrogens (tertiary/aromatic N) is 9. The average Bonchev–Trinajstić information content (AvgIpc) is 3.34. The number of carbonyl (C=O) groups excluding carboxylic acids is 1. The number of halogens is 8. The number of pyridine rings is 2. The first-order valence-corrected chi connectivity index (χ1v) is 20.3. The predicted octanol–water partition coefficient (Wildman–Crippen LogP) is 7.14. The Labute approximate surface area is 378 Å². The lowest BCUT2D eigenvalue weighted by atomic mass is 10.0. The second kappa shape index (κ2) is 23.3. The summed E-state index contributed by atoms with van der Waals surface area (Å²) in [7, 11) is 0. The van der Waals surface area contributed by atoms with E-state index in [4.69, 9.17) is 15.3 Å². The maximum atomic E-state index is 14.1. The molecule has 352 valence electrons. The lowest BCUT2D eigenvalue weighted by molar-refractivity contribution is -0.138. The van der Waals surface area contributed by atoms with Gasteiger partial charge in [0.25, 0.3) is 0 Å². The number of morpholine rings is 2. The molecule has 2 aromatic carbocycles. The van der Waals surface area contributed by atoms with Crippen molar-refractivity contribution in [1.29, 1.82) is 0 Å². The summed E-state index contributed by atoms with van der Waals surface area (Å²) in [5.41, 5.74) is 7.02. The molecule has 0 aliphatic carbocycles. The molecule has 23 heteroatoms. The molecule has 6 heterocycles. The number of aromatic nitrogens is 6. The van der Waals surface area contributed by atoms with Gasteiger partial charge in [0.15, 0.2) is 29.6 Å². The van der Waals surface area contributed by atoms with Crippen LogP contribution in [0.3, 0.4) is 0 Å². The van der Waals surface area contributed by atoms with E-state index in [2.05, 4.69) is 45.9 Å². The molecule has 2 aliphatic heterocycles. The molecule has 4 aromatic heterocycles. The van der Waals surface area contributed by atoms with Crippen molar-refractivity contribution in [3.05, 3.63) is 154 Å². The number of hydrazone groups is 1. The molecule has 2 fully saturated rings. The third-order valence-corrected chi connectivity index (χ3v) is 9.70. The lowest BCUT2D eigenvalue weighted by Crippen LogP contribution is -2.37. The summed E-state index contributed by atoms with van der Waals surface area (Å²) in [6.07, 6.45) is -0.742. The standard InChI is InChI=1S/C22H20F4N6O.C14H10F3NO.C8H12FN5O/c23-19-14-28-21(30-20(19)32-6-8-33-9-7-32)31-29-13-18-5-4-16(12-27-18)10-15-2-1-3-17(11-15)22(24,25)26;15-14(16,17)12-3-1-2-10(7-12)6-11-4-5-13(9-19)18-8-11;9-6-5-11-8(13-10)12-7(6)14-1-3-15-4-2-14/h1-5,11-14H,6-10H2,(H,28,30,31);1-5,7-9H,6H2;5H,1-4,10H2,(H,11,12,13)/b29-13-;;. The van der Waals surface area contributed by atoms with Gasteiger partial charge in [0.05, 0.1) is 61.9 Å². The van der Waals surface area contributed by atoms with Gasteiger partial charge in [-0.1, -0.05) is 48.5 Å². The van der Waals surface area contributed by atoms with Gasteiger partial charge in [-0.05, 0) is 59.4 Å². The Morgan fingerprint density at radius 2 is 1.07 bits per heavy atom. The molecule has 15 nitrogen and oxygen atoms in total. The normalized spacial score (nSPS) is 14.1. The number of rotatable bonds is 11. The largest absolute Gasteiger partial charge is 0.416 e. The third-order valence-electron chi connectivity index (χ3n) is 9.70. The first-order chi connectivity index (χ1) is 32.2. The van der Waals surface area contributed by atoms with E-state index in [-0.39, 0.29) is 23.5 Å². The molecular weight excluding hydrogens is 897 g/mol. The van der Waals surface area contributed by atoms with E-state index in [9.17, 15) is 39.9 Å². The van der Waals surface area contributed by atoms with Crippen LogP contribution in [0.25, 0.3) is 0 Å². The number of ether oxygens (including phenoxy) is 2. The van der Waals surface area contributed by atoms with Crippen LogP contribution >= 0.6 is 0 Å². The number of nitrogens with one attached hydrogen (secondary N) is 2. The second-order valence-electron chi connectivity index (χ2n) is 14.5. The van der Waals surface area contributed by atoms with Crippen LogP contribution in [0.4, 0.5) is 58.7 Å². The van der Waals surface area contributed by atoms with Gasteiger partial charge < -0.3 is 19.3 Å². The smallest absolute Gasteiger partial charge is 0.378 e. The summed E-state index contributed by atoms with van der Waals surface area (Å²) in [6.45, 7) is 4.47. The minimum absolute atomic E-state index is 0.135. The Morgan fingerprint density at radius 3 is 1.51 bits per heavy atom. The lowest BCUT2D eigenvalue weighted by Gasteiger charge is -2.27. The Bertz CT molecular complexity index is 2560. The molecular formula is C44H42F8N12O3. The number of nitrogen functional groups attached to an aromatic ring is 1. The van der Waals surface area contributed by atoms with Crippen molar-refractivity contribution in [3.8, 4) is 0 Å². The minimum Gasteiger partial charge on any atom is -0.378 e. The Hall–Kier alpha value is -7.24. The molecule has 0 atom stereocenters. The molecule has 0 saturated carbocycles. The van der Waals surface area contributed by atoms with Crippen molar-refractivity contribution in [1.82, 2.24) is 29.9 Å².